The molecule has 2 fully saturated rings. The zero-order chi connectivity index (χ0) is 33.2. The maximum Gasteiger partial charge on any atom is 0.175 e. The summed E-state index contributed by atoms with van der Waals surface area (Å²) in [6.45, 7) is 8.70. The summed E-state index contributed by atoms with van der Waals surface area (Å²) in [5, 5.41) is 0. The molecule has 240 valence electrons. The molecule has 0 saturated heterocycles. The number of Topliss-reactive ketones (excluding diaryl/α,β-unsaturated/α-hetero) is 1. The summed E-state index contributed by atoms with van der Waals surface area (Å²) in [6, 6.07) is 34.8. The molecule has 6 atom stereocenters. The molecule has 0 bridgehead atoms. The Morgan fingerprint density at radius 2 is 0.783 bits per heavy atom. The second-order valence-electron chi connectivity index (χ2n) is 14.5. The van der Waals surface area contributed by atoms with Crippen LogP contribution < -0.4 is 0 Å². The summed E-state index contributed by atoms with van der Waals surface area (Å²) in [5.74, 6) is -0.325. The van der Waals surface area contributed by atoms with Crippen LogP contribution in [0.4, 0.5) is 0 Å². The van der Waals surface area contributed by atoms with E-state index in [1.807, 2.05) is 60.7 Å². The third-order valence-electron chi connectivity index (χ3n) is 11.0. The van der Waals surface area contributed by atoms with E-state index in [0.717, 1.165) is 22.3 Å². The van der Waals surface area contributed by atoms with Gasteiger partial charge in [-0.3, -0.25) is 4.79 Å². The van der Waals surface area contributed by atoms with Gasteiger partial charge in [0.2, 0.25) is 0 Å². The van der Waals surface area contributed by atoms with Crippen molar-refractivity contribution in [1.29, 1.82) is 0 Å². The zero-order valence-electron chi connectivity index (χ0n) is 27.2. The van der Waals surface area contributed by atoms with E-state index in [9.17, 15) is 16.8 Å². The van der Waals surface area contributed by atoms with E-state index < -0.39 is 19.7 Å². The van der Waals surface area contributed by atoms with Crippen LogP contribution in [0.1, 0.15) is 73.6 Å². The van der Waals surface area contributed by atoms with Gasteiger partial charge < -0.3 is 0 Å². The first-order valence-corrected chi connectivity index (χ1v) is 19.6. The largest absolute Gasteiger partial charge is 0.299 e. The third-order valence-corrected chi connectivity index (χ3v) is 13.2. The van der Waals surface area contributed by atoms with Gasteiger partial charge >= 0.3 is 0 Å². The van der Waals surface area contributed by atoms with Crippen molar-refractivity contribution in [2.45, 2.75) is 61.2 Å². The van der Waals surface area contributed by atoms with Crippen molar-refractivity contribution < 1.29 is 21.6 Å². The lowest BCUT2D eigenvalue weighted by Crippen LogP contribution is -2.61. The number of hydrogen-bond acceptors (Lipinski definition) is 5. The Kier molecular flexibility index (Phi) is 7.96. The Labute approximate surface area is 273 Å². The fraction of sp³-hybridized carbons (Fsp3) is 0.359. The van der Waals surface area contributed by atoms with E-state index in [1.54, 1.807) is 24.3 Å². The summed E-state index contributed by atoms with van der Waals surface area (Å²) in [7, 11) is -6.65. The molecule has 4 aromatic carbocycles. The van der Waals surface area contributed by atoms with Crippen molar-refractivity contribution in [2.75, 3.05) is 12.5 Å². The molecule has 0 aliphatic heterocycles. The van der Waals surface area contributed by atoms with Crippen molar-refractivity contribution in [3.63, 3.8) is 0 Å². The van der Waals surface area contributed by atoms with Crippen molar-refractivity contribution in [2.24, 2.45) is 22.7 Å². The number of rotatable bonds is 8. The summed E-state index contributed by atoms with van der Waals surface area (Å²) >= 11 is 0. The van der Waals surface area contributed by atoms with Crippen LogP contribution in [0.3, 0.4) is 0 Å². The van der Waals surface area contributed by atoms with Gasteiger partial charge in [-0.1, -0.05) is 113 Å². The number of benzene rings is 4. The number of ketones is 1. The van der Waals surface area contributed by atoms with E-state index in [0.29, 0.717) is 0 Å². The molecule has 2 saturated carbocycles. The highest BCUT2D eigenvalue weighted by molar-refractivity contribution is 7.91. The minimum Gasteiger partial charge on any atom is -0.299 e. The van der Waals surface area contributed by atoms with Gasteiger partial charge in [0.05, 0.1) is 9.79 Å². The van der Waals surface area contributed by atoms with Gasteiger partial charge in [-0.2, -0.15) is 0 Å². The molecule has 6 rings (SSSR count). The van der Waals surface area contributed by atoms with Crippen LogP contribution in [0.2, 0.25) is 0 Å². The topological polar surface area (TPSA) is 85.3 Å². The van der Waals surface area contributed by atoms with Crippen LogP contribution in [0.25, 0.3) is 0 Å². The Morgan fingerprint density at radius 1 is 0.478 bits per heavy atom. The van der Waals surface area contributed by atoms with Crippen LogP contribution in [0, 0.1) is 22.7 Å². The minimum absolute atomic E-state index is 0.0233. The molecule has 46 heavy (non-hydrogen) atoms. The smallest absolute Gasteiger partial charge is 0.175 e. The van der Waals surface area contributed by atoms with Crippen LogP contribution in [-0.4, -0.2) is 35.1 Å². The number of hydrogen-bond donors (Lipinski definition) is 0. The van der Waals surface area contributed by atoms with Gasteiger partial charge in [-0.25, -0.2) is 16.8 Å². The lowest BCUT2D eigenvalue weighted by molar-refractivity contribution is -0.156. The predicted molar refractivity (Wildman–Crippen MR) is 183 cm³/mol. The van der Waals surface area contributed by atoms with Gasteiger partial charge in [0.25, 0.3) is 0 Å². The van der Waals surface area contributed by atoms with E-state index in [2.05, 4.69) is 52.0 Å². The Hall–Kier alpha value is -3.55. The number of sulfone groups is 2. The molecular formula is C39H42O5S2. The van der Waals surface area contributed by atoms with E-state index in [4.69, 9.17) is 0 Å². The van der Waals surface area contributed by atoms with Crippen molar-refractivity contribution in [1.82, 2.24) is 0 Å². The molecule has 0 spiro atoms. The van der Waals surface area contributed by atoms with Crippen molar-refractivity contribution >= 4 is 25.5 Å². The molecule has 2 aliphatic carbocycles. The Balaban J connectivity index is 1.41. The van der Waals surface area contributed by atoms with Gasteiger partial charge in [0, 0.05) is 36.2 Å². The predicted octanol–water partition coefficient (Wildman–Crippen LogP) is 7.81. The first-order chi connectivity index (χ1) is 21.5. The van der Waals surface area contributed by atoms with Crippen LogP contribution in [-0.2, 0) is 24.5 Å². The average molecular weight is 655 g/mol. The molecule has 0 radical (unpaired) electrons. The highest BCUT2D eigenvalue weighted by atomic mass is 32.2. The molecule has 0 aromatic heterocycles. The lowest BCUT2D eigenvalue weighted by Gasteiger charge is -2.64. The fourth-order valence-electron chi connectivity index (χ4n) is 8.91. The van der Waals surface area contributed by atoms with E-state index >= 15 is 4.79 Å². The molecular weight excluding hydrogens is 613 g/mol. The summed E-state index contributed by atoms with van der Waals surface area (Å²) < 4.78 is 48.8. The Morgan fingerprint density at radius 3 is 1.07 bits per heavy atom. The van der Waals surface area contributed by atoms with Gasteiger partial charge in [-0.05, 0) is 69.2 Å². The monoisotopic (exact) mass is 654 g/mol. The van der Waals surface area contributed by atoms with Crippen molar-refractivity contribution in [3.8, 4) is 0 Å². The fourth-order valence-corrected chi connectivity index (χ4v) is 10.2. The van der Waals surface area contributed by atoms with Gasteiger partial charge in [0.15, 0.2) is 19.7 Å². The van der Waals surface area contributed by atoms with Crippen LogP contribution in [0.15, 0.2) is 119 Å². The second kappa shape index (κ2) is 11.3. The SMILES string of the molecule is CC1(C)C(C(=O)C2C(c3ccccc3)C(c3ccc(S(C)(=O)=O)cc3)C2(C)C)C(c2ccccc2)C1c1ccc(S(C)(=O)=O)cc1. The molecule has 0 heterocycles. The van der Waals surface area contributed by atoms with Gasteiger partial charge in [0.1, 0.15) is 5.78 Å². The summed E-state index contributed by atoms with van der Waals surface area (Å²) in [6.07, 6.45) is 2.43. The number of carbonyl (C=O) groups excluding carboxylic acids is 1. The number of carbonyl (C=O) groups is 1. The lowest BCUT2D eigenvalue weighted by atomic mass is 9.38. The summed E-state index contributed by atoms with van der Waals surface area (Å²) in [5.41, 5.74) is 3.52. The maximum absolute atomic E-state index is 15.2. The molecule has 0 N–H and O–H groups in total. The Bertz CT molecular complexity index is 1820. The van der Waals surface area contributed by atoms with Crippen LogP contribution >= 0.6 is 0 Å². The molecule has 7 heteroatoms. The quantitative estimate of drug-likeness (QED) is 0.194. The summed E-state index contributed by atoms with van der Waals surface area (Å²) in [4.78, 5) is 15.7. The maximum atomic E-state index is 15.2. The zero-order valence-corrected chi connectivity index (χ0v) is 28.8. The van der Waals surface area contributed by atoms with Crippen molar-refractivity contribution in [3.05, 3.63) is 131 Å². The first kappa shape index (κ1) is 32.4. The highest BCUT2D eigenvalue weighted by Gasteiger charge is 2.67. The van der Waals surface area contributed by atoms with E-state index in [-0.39, 0.29) is 61.9 Å². The normalized spacial score (nSPS) is 26.8. The van der Waals surface area contributed by atoms with Gasteiger partial charge in [-0.15, -0.1) is 0 Å². The molecule has 0 amide bonds. The van der Waals surface area contributed by atoms with Crippen LogP contribution in [0.5, 0.6) is 0 Å². The highest BCUT2D eigenvalue weighted by Crippen LogP contribution is 2.71. The molecule has 4 aromatic rings. The third kappa shape index (κ3) is 5.35. The molecule has 5 nitrogen and oxygen atoms in total. The standard InChI is InChI=1S/C39H42O5S2/c1-38(2)33(27-17-21-29(22-18-27)45(5,41)42)31(25-13-9-7-10-14-25)35(38)37(40)36-32(26-15-11-8-12-16-26)34(39(36,3)4)28-19-23-30(24-20-28)46(6,43)44/h7-24,31-36H,1-6H3. The minimum atomic E-state index is -3.33. The average Bonchev–Trinajstić information content (AvgIpc) is 2.99. The van der Waals surface area contributed by atoms with E-state index in [1.165, 1.54) is 12.5 Å². The second-order valence-corrected chi connectivity index (χ2v) is 18.5. The molecule has 6 unspecified atom stereocenters. The molecule has 2 aliphatic rings. The first-order valence-electron chi connectivity index (χ1n) is 15.8.